The number of H-pyrrole nitrogens is 1. The van der Waals surface area contributed by atoms with Crippen molar-refractivity contribution in [2.45, 2.75) is 6.92 Å². The van der Waals surface area contributed by atoms with Crippen LogP contribution in [0, 0.1) is 6.92 Å². The van der Waals surface area contributed by atoms with Gasteiger partial charge in [0, 0.05) is 13.1 Å². The molecule has 11 heteroatoms. The Labute approximate surface area is 170 Å². The largest absolute Gasteiger partial charge is 0.497 e. The minimum absolute atomic E-state index is 0.163. The van der Waals surface area contributed by atoms with Crippen molar-refractivity contribution in [1.29, 1.82) is 0 Å². The molecule has 0 aliphatic carbocycles. The van der Waals surface area contributed by atoms with Gasteiger partial charge in [0.1, 0.15) is 22.7 Å². The molecule has 0 saturated carbocycles. The van der Waals surface area contributed by atoms with E-state index in [0.717, 1.165) is 0 Å². The van der Waals surface area contributed by atoms with Crippen LogP contribution in [0.15, 0.2) is 41.3 Å². The molecular weight excluding hydrogens is 390 g/mol. The van der Waals surface area contributed by atoms with E-state index in [9.17, 15) is 9.59 Å². The highest BCUT2D eigenvalue weighted by molar-refractivity contribution is 5.91. The fourth-order valence-corrected chi connectivity index (χ4v) is 2.87. The summed E-state index contributed by atoms with van der Waals surface area (Å²) in [5.74, 6) is 1.34. The van der Waals surface area contributed by atoms with E-state index in [1.54, 1.807) is 51.4 Å². The number of hydrogen-bond donors (Lipinski definition) is 2. The molecule has 30 heavy (non-hydrogen) atoms. The number of nitrogens with one attached hydrogen (secondary N) is 2. The number of anilines is 1. The molecular formula is C19H19N7O4. The molecule has 0 aliphatic heterocycles. The van der Waals surface area contributed by atoms with Crippen LogP contribution in [-0.4, -0.2) is 49.2 Å². The SMILES string of the molecule is COc1ccc(OCC(=O)Nc2cc(C)nn2-c2nc3c(cnn3C)c(=O)[nH]2)cc1. The smallest absolute Gasteiger partial charge is 0.263 e. The number of aromatic amines is 1. The molecule has 0 fully saturated rings. The van der Waals surface area contributed by atoms with Crippen molar-refractivity contribution in [3.05, 3.63) is 52.6 Å². The first-order chi connectivity index (χ1) is 14.4. The maximum Gasteiger partial charge on any atom is 0.263 e. The second kappa shape index (κ2) is 7.70. The van der Waals surface area contributed by atoms with Gasteiger partial charge in [-0.15, -0.1) is 0 Å². The van der Waals surface area contributed by atoms with Crippen LogP contribution in [0.2, 0.25) is 0 Å². The van der Waals surface area contributed by atoms with E-state index < -0.39 is 5.91 Å². The van der Waals surface area contributed by atoms with Crippen LogP contribution in [0.5, 0.6) is 11.5 Å². The first-order valence-corrected chi connectivity index (χ1v) is 9.00. The monoisotopic (exact) mass is 409 g/mol. The number of amides is 1. The Balaban J connectivity index is 1.54. The van der Waals surface area contributed by atoms with Gasteiger partial charge in [-0.2, -0.15) is 19.9 Å². The number of methoxy groups -OCH3 is 1. The van der Waals surface area contributed by atoms with Gasteiger partial charge in [0.25, 0.3) is 11.5 Å². The molecule has 2 N–H and O–H groups in total. The zero-order valence-electron chi connectivity index (χ0n) is 16.5. The first kappa shape index (κ1) is 19.2. The minimum atomic E-state index is -0.393. The number of aryl methyl sites for hydroxylation is 2. The van der Waals surface area contributed by atoms with Gasteiger partial charge >= 0.3 is 0 Å². The van der Waals surface area contributed by atoms with Crippen molar-refractivity contribution in [3.63, 3.8) is 0 Å². The number of carbonyl (C=O) groups is 1. The van der Waals surface area contributed by atoms with Crippen molar-refractivity contribution < 1.29 is 14.3 Å². The molecule has 11 nitrogen and oxygen atoms in total. The Morgan fingerprint density at radius 3 is 2.70 bits per heavy atom. The van der Waals surface area contributed by atoms with E-state index in [2.05, 4.69) is 25.5 Å². The van der Waals surface area contributed by atoms with E-state index in [0.29, 0.717) is 34.0 Å². The summed E-state index contributed by atoms with van der Waals surface area (Å²) in [6.07, 6.45) is 1.44. The van der Waals surface area contributed by atoms with Crippen molar-refractivity contribution in [2.24, 2.45) is 7.05 Å². The van der Waals surface area contributed by atoms with Gasteiger partial charge in [-0.3, -0.25) is 19.3 Å². The lowest BCUT2D eigenvalue weighted by Gasteiger charge is -2.09. The Morgan fingerprint density at radius 1 is 1.23 bits per heavy atom. The quantitative estimate of drug-likeness (QED) is 0.489. The lowest BCUT2D eigenvalue weighted by Crippen LogP contribution is -2.23. The van der Waals surface area contributed by atoms with Crippen LogP contribution in [0.3, 0.4) is 0 Å². The number of nitrogens with zero attached hydrogens (tertiary/aromatic N) is 5. The predicted molar refractivity (Wildman–Crippen MR) is 108 cm³/mol. The molecule has 154 valence electrons. The number of hydrogen-bond acceptors (Lipinski definition) is 7. The Morgan fingerprint density at radius 2 is 1.97 bits per heavy atom. The van der Waals surface area contributed by atoms with Crippen LogP contribution in [-0.2, 0) is 11.8 Å². The van der Waals surface area contributed by atoms with Crippen LogP contribution >= 0.6 is 0 Å². The fourth-order valence-electron chi connectivity index (χ4n) is 2.87. The van der Waals surface area contributed by atoms with E-state index in [1.807, 2.05) is 0 Å². The zero-order valence-corrected chi connectivity index (χ0v) is 16.5. The van der Waals surface area contributed by atoms with Gasteiger partial charge in [-0.25, -0.2) is 0 Å². The summed E-state index contributed by atoms with van der Waals surface area (Å²) < 4.78 is 13.4. The van der Waals surface area contributed by atoms with Crippen molar-refractivity contribution >= 4 is 22.8 Å². The second-order valence-electron chi connectivity index (χ2n) is 6.49. The summed E-state index contributed by atoms with van der Waals surface area (Å²) in [5.41, 5.74) is 0.688. The van der Waals surface area contributed by atoms with Gasteiger partial charge in [-0.1, -0.05) is 0 Å². The van der Waals surface area contributed by atoms with Crippen LogP contribution in [0.4, 0.5) is 5.82 Å². The molecule has 4 rings (SSSR count). The Bertz CT molecular complexity index is 1270. The predicted octanol–water partition coefficient (Wildman–Crippen LogP) is 1.18. The van der Waals surface area contributed by atoms with Crippen LogP contribution in [0.1, 0.15) is 5.69 Å². The second-order valence-corrected chi connectivity index (χ2v) is 6.49. The average molecular weight is 409 g/mol. The van der Waals surface area contributed by atoms with Gasteiger partial charge in [0.05, 0.1) is 19.0 Å². The Kier molecular flexibility index (Phi) is 4.92. The molecule has 0 radical (unpaired) electrons. The normalized spacial score (nSPS) is 10.9. The zero-order chi connectivity index (χ0) is 21.3. The standard InChI is InChI=1S/C19H19N7O4/c1-11-8-15(21-16(27)10-30-13-6-4-12(29-3)5-7-13)26(24-11)19-22-17-14(18(28)23-19)9-20-25(17)2/h4-9H,10H2,1-3H3,(H,21,27)(H,22,23,28). The van der Waals surface area contributed by atoms with Crippen LogP contribution in [0.25, 0.3) is 17.0 Å². The molecule has 0 aliphatic rings. The summed E-state index contributed by atoms with van der Waals surface area (Å²) in [6, 6.07) is 8.56. The summed E-state index contributed by atoms with van der Waals surface area (Å²) in [7, 11) is 3.26. The van der Waals surface area contributed by atoms with E-state index in [1.165, 1.54) is 15.6 Å². The Hall–Kier alpha value is -4.15. The molecule has 1 aromatic carbocycles. The van der Waals surface area contributed by atoms with Gasteiger partial charge < -0.3 is 14.8 Å². The minimum Gasteiger partial charge on any atom is -0.497 e. The topological polar surface area (TPSA) is 129 Å². The third-order valence-corrected chi connectivity index (χ3v) is 4.32. The molecule has 0 unspecified atom stereocenters. The number of carbonyl (C=O) groups excluding carboxylic acids is 1. The molecule has 1 amide bonds. The highest BCUT2D eigenvalue weighted by Gasteiger charge is 2.16. The van der Waals surface area contributed by atoms with E-state index in [4.69, 9.17) is 9.47 Å². The van der Waals surface area contributed by atoms with Crippen molar-refractivity contribution in [3.8, 4) is 17.4 Å². The molecule has 3 heterocycles. The van der Waals surface area contributed by atoms with Crippen molar-refractivity contribution in [2.75, 3.05) is 19.0 Å². The maximum absolute atomic E-state index is 12.4. The number of aromatic nitrogens is 6. The third kappa shape index (κ3) is 3.72. The van der Waals surface area contributed by atoms with Crippen molar-refractivity contribution in [1.82, 2.24) is 29.5 Å². The first-order valence-electron chi connectivity index (χ1n) is 9.00. The lowest BCUT2D eigenvalue weighted by molar-refractivity contribution is -0.118. The molecule has 0 saturated heterocycles. The summed E-state index contributed by atoms with van der Waals surface area (Å²) in [5, 5.41) is 11.5. The third-order valence-electron chi connectivity index (χ3n) is 4.32. The highest BCUT2D eigenvalue weighted by atomic mass is 16.5. The van der Waals surface area contributed by atoms with E-state index in [-0.39, 0.29) is 18.1 Å². The van der Waals surface area contributed by atoms with E-state index >= 15 is 0 Å². The summed E-state index contributed by atoms with van der Waals surface area (Å²) in [4.78, 5) is 31.8. The maximum atomic E-state index is 12.4. The van der Waals surface area contributed by atoms with Gasteiger partial charge in [-0.05, 0) is 31.2 Å². The number of benzene rings is 1. The van der Waals surface area contributed by atoms with Crippen LogP contribution < -0.4 is 20.3 Å². The molecule has 0 bridgehead atoms. The number of rotatable bonds is 6. The van der Waals surface area contributed by atoms with Gasteiger partial charge in [0.15, 0.2) is 12.3 Å². The molecule has 4 aromatic rings. The summed E-state index contributed by atoms with van der Waals surface area (Å²) in [6.45, 7) is 1.56. The average Bonchev–Trinajstić information content (AvgIpc) is 3.29. The number of fused-ring (bicyclic) bond motifs is 1. The fraction of sp³-hybridized carbons (Fsp3) is 0.211. The molecule has 0 atom stereocenters. The molecule has 3 aromatic heterocycles. The highest BCUT2D eigenvalue weighted by Crippen LogP contribution is 2.18. The lowest BCUT2D eigenvalue weighted by atomic mass is 10.3. The number of ether oxygens (including phenoxy) is 2. The summed E-state index contributed by atoms with van der Waals surface area (Å²) >= 11 is 0. The van der Waals surface area contributed by atoms with Gasteiger partial charge in [0.2, 0.25) is 5.95 Å². The molecule has 0 spiro atoms.